The first kappa shape index (κ1) is 62.6. The van der Waals surface area contributed by atoms with Crippen LogP contribution < -0.4 is 13.6 Å². The summed E-state index contributed by atoms with van der Waals surface area (Å²) in [7, 11) is -4.37. The molecule has 5 heteroatoms. The normalized spacial score (nSPS) is 15.2. The van der Waals surface area contributed by atoms with E-state index in [1.54, 1.807) is 0 Å². The molecule has 71 heavy (non-hydrogen) atoms. The molecule has 3 aromatic rings. The summed E-state index contributed by atoms with van der Waals surface area (Å²) in [5.41, 5.74) is 7.41. The number of phosphoric acid groups is 1. The van der Waals surface area contributed by atoms with Crippen molar-refractivity contribution in [1.82, 2.24) is 0 Å². The van der Waals surface area contributed by atoms with Crippen LogP contribution in [0.4, 0.5) is 0 Å². The molecule has 3 rings (SSSR count). The Balaban J connectivity index is 2.33. The molecule has 4 nitrogen and oxygen atoms in total. The van der Waals surface area contributed by atoms with Gasteiger partial charge in [-0.15, -0.1) is 0 Å². The van der Waals surface area contributed by atoms with E-state index in [-0.39, 0.29) is 0 Å². The Morgan fingerprint density at radius 1 is 0.324 bits per heavy atom. The van der Waals surface area contributed by atoms with Gasteiger partial charge in [0.05, 0.1) is 0 Å². The number of hydrogen-bond acceptors (Lipinski definition) is 4. The van der Waals surface area contributed by atoms with Crippen LogP contribution in [-0.2, 0) is 43.1 Å². The van der Waals surface area contributed by atoms with Crippen LogP contribution in [0.1, 0.15) is 271 Å². The van der Waals surface area contributed by atoms with Crippen LogP contribution in [-0.4, -0.2) is 0 Å². The van der Waals surface area contributed by atoms with Crippen LogP contribution in [0.3, 0.4) is 0 Å². The van der Waals surface area contributed by atoms with Crippen LogP contribution >= 0.6 is 7.82 Å². The third-order valence-corrected chi connectivity index (χ3v) is 17.6. The second kappa shape index (κ2) is 36.3. The highest BCUT2D eigenvalue weighted by atomic mass is 31.2. The van der Waals surface area contributed by atoms with Crippen molar-refractivity contribution < 1.29 is 18.1 Å². The van der Waals surface area contributed by atoms with Crippen molar-refractivity contribution >= 4 is 7.82 Å². The maximum atomic E-state index is 16.4. The summed E-state index contributed by atoms with van der Waals surface area (Å²) in [6.07, 6.45) is 34.4. The first-order chi connectivity index (χ1) is 34.5. The average molecular weight is 1000 g/mol. The van der Waals surface area contributed by atoms with Gasteiger partial charge in [-0.2, -0.15) is 4.57 Å². The van der Waals surface area contributed by atoms with Gasteiger partial charge in [-0.1, -0.05) is 274 Å². The third kappa shape index (κ3) is 23.2. The fourth-order valence-electron chi connectivity index (χ4n) is 11.0. The van der Waals surface area contributed by atoms with E-state index < -0.39 is 7.82 Å². The molecule has 3 aromatic carbocycles. The van der Waals surface area contributed by atoms with Gasteiger partial charge in [0.25, 0.3) is 0 Å². The summed E-state index contributed by atoms with van der Waals surface area (Å²) in [6.45, 7) is 27.7. The molecule has 0 fully saturated rings. The predicted molar refractivity (Wildman–Crippen MR) is 311 cm³/mol. The van der Waals surface area contributed by atoms with Crippen LogP contribution in [0.15, 0.2) is 54.6 Å². The SMILES string of the molecule is CCCCC(CC)Cc1ccc(OP(=O)(Oc2ccc(CC(CC)CCCC)cc2CC(CC)CCCC)Oc2ccc(CC(CC)CCCC)cc2CC(CC)CCCC)c(CC(CC)CCCC)c1. The molecular formula is C66H111O4P. The van der Waals surface area contributed by atoms with Gasteiger partial charge in [-0.25, -0.2) is 0 Å². The molecule has 0 aliphatic rings. The van der Waals surface area contributed by atoms with Crippen molar-refractivity contribution in [3.63, 3.8) is 0 Å². The third-order valence-electron chi connectivity index (χ3n) is 16.4. The molecule has 404 valence electrons. The maximum Gasteiger partial charge on any atom is 0.647 e. The lowest BCUT2D eigenvalue weighted by Gasteiger charge is -2.26. The van der Waals surface area contributed by atoms with Gasteiger partial charge in [-0.05, 0) is 126 Å². The molecule has 0 saturated carbocycles. The van der Waals surface area contributed by atoms with E-state index in [9.17, 15) is 0 Å². The van der Waals surface area contributed by atoms with E-state index in [1.807, 2.05) is 0 Å². The molecule has 0 bridgehead atoms. The van der Waals surface area contributed by atoms with Crippen molar-refractivity contribution in [2.24, 2.45) is 35.5 Å². The summed E-state index contributed by atoms with van der Waals surface area (Å²) < 4.78 is 37.6. The Kier molecular flexibility index (Phi) is 32.0. The summed E-state index contributed by atoms with van der Waals surface area (Å²) >= 11 is 0. The van der Waals surface area contributed by atoms with E-state index in [1.165, 1.54) is 152 Å². The van der Waals surface area contributed by atoms with Crippen LogP contribution in [0.25, 0.3) is 0 Å². The lowest BCUT2D eigenvalue weighted by atomic mass is 9.88. The molecule has 6 unspecified atom stereocenters. The Morgan fingerprint density at radius 3 is 0.732 bits per heavy atom. The molecule has 0 radical (unpaired) electrons. The van der Waals surface area contributed by atoms with Crippen molar-refractivity contribution in [3.8, 4) is 17.2 Å². The number of phosphoric ester groups is 1. The topological polar surface area (TPSA) is 44.8 Å². The standard InChI is InChI=1S/C66H111O4P/c1-13-25-31-52(19-7)43-58-37-40-64(61(49-58)46-55(22-10)34-28-16-4)68-71(67,69-65-41-38-59(44-53(20-8)32-26-14-2)50-62(65)47-56(23-11)35-29-17-5)70-66-42-39-60(45-54(21-9)33-27-15-3)51-63(66)48-57(24-12)36-30-18-6/h37-42,49-57H,13-36,43-48H2,1-12H3. The van der Waals surface area contributed by atoms with Gasteiger partial charge < -0.3 is 13.6 Å². The molecule has 0 aromatic heterocycles. The fourth-order valence-corrected chi connectivity index (χ4v) is 12.4. The van der Waals surface area contributed by atoms with Crippen molar-refractivity contribution in [2.45, 2.75) is 276 Å². The van der Waals surface area contributed by atoms with E-state index >= 15 is 4.57 Å². The minimum atomic E-state index is -4.37. The molecule has 6 atom stereocenters. The van der Waals surface area contributed by atoms with Gasteiger partial charge in [0.2, 0.25) is 0 Å². The lowest BCUT2D eigenvalue weighted by molar-refractivity contribution is 0.292. The Labute approximate surface area is 440 Å². The molecule has 0 spiro atoms. The van der Waals surface area contributed by atoms with Crippen molar-refractivity contribution in [2.75, 3.05) is 0 Å². The highest BCUT2D eigenvalue weighted by molar-refractivity contribution is 7.49. The maximum absolute atomic E-state index is 16.4. The molecule has 0 heterocycles. The second-order valence-corrected chi connectivity index (χ2v) is 23.7. The van der Waals surface area contributed by atoms with Gasteiger partial charge in [0.1, 0.15) is 17.2 Å². The van der Waals surface area contributed by atoms with Gasteiger partial charge in [-0.3, -0.25) is 0 Å². The zero-order chi connectivity index (χ0) is 51.9. The van der Waals surface area contributed by atoms with Crippen LogP contribution in [0, 0.1) is 35.5 Å². The minimum absolute atomic E-state index is 0.505. The first-order valence-corrected chi connectivity index (χ1v) is 32.0. The highest BCUT2D eigenvalue weighted by Crippen LogP contribution is 2.53. The highest BCUT2D eigenvalue weighted by Gasteiger charge is 2.37. The average Bonchev–Trinajstić information content (AvgIpc) is 3.38. The monoisotopic (exact) mass is 999 g/mol. The molecule has 0 saturated heterocycles. The summed E-state index contributed by atoms with van der Waals surface area (Å²) in [4.78, 5) is 0. The van der Waals surface area contributed by atoms with E-state index in [0.717, 1.165) is 74.5 Å². The van der Waals surface area contributed by atoms with Gasteiger partial charge in [0, 0.05) is 0 Å². The van der Waals surface area contributed by atoms with Crippen LogP contribution in [0.5, 0.6) is 17.2 Å². The summed E-state index contributed by atoms with van der Waals surface area (Å²) in [5, 5.41) is 0. The minimum Gasteiger partial charge on any atom is -0.386 e. The first-order valence-electron chi connectivity index (χ1n) is 30.5. The number of rotatable bonds is 42. The molecule has 0 aliphatic heterocycles. The van der Waals surface area contributed by atoms with Gasteiger partial charge >= 0.3 is 7.82 Å². The number of benzene rings is 3. The molecule has 0 N–H and O–H groups in total. The molecule has 0 aliphatic carbocycles. The Hall–Kier alpha value is -2.71. The fraction of sp³-hybridized carbons (Fsp3) is 0.727. The van der Waals surface area contributed by atoms with E-state index in [0.29, 0.717) is 52.8 Å². The summed E-state index contributed by atoms with van der Waals surface area (Å²) in [5.74, 6) is 5.35. The van der Waals surface area contributed by atoms with Crippen LogP contribution in [0.2, 0.25) is 0 Å². The molecule has 0 amide bonds. The number of hydrogen-bond donors (Lipinski definition) is 0. The quantitative estimate of drug-likeness (QED) is 0.0531. The molecular weight excluding hydrogens is 888 g/mol. The lowest BCUT2D eigenvalue weighted by Crippen LogP contribution is -2.14. The Bertz CT molecular complexity index is 1670. The second-order valence-electron chi connectivity index (χ2n) is 22.3. The van der Waals surface area contributed by atoms with Gasteiger partial charge in [0.15, 0.2) is 0 Å². The summed E-state index contributed by atoms with van der Waals surface area (Å²) in [6, 6.07) is 20.2. The number of unbranched alkanes of at least 4 members (excludes halogenated alkanes) is 6. The van der Waals surface area contributed by atoms with E-state index in [2.05, 4.69) is 138 Å². The largest absolute Gasteiger partial charge is 0.647 e. The van der Waals surface area contributed by atoms with Crippen molar-refractivity contribution in [3.05, 3.63) is 88.0 Å². The zero-order valence-corrected chi connectivity index (χ0v) is 49.3. The van der Waals surface area contributed by atoms with E-state index in [4.69, 9.17) is 13.6 Å². The van der Waals surface area contributed by atoms with Crippen molar-refractivity contribution in [1.29, 1.82) is 0 Å². The zero-order valence-electron chi connectivity index (χ0n) is 48.5. The Morgan fingerprint density at radius 2 is 0.535 bits per heavy atom. The predicted octanol–water partition coefficient (Wildman–Crippen LogP) is 21.9. The smallest absolute Gasteiger partial charge is 0.386 e.